The highest BCUT2D eigenvalue weighted by Crippen LogP contribution is 2.12. The van der Waals surface area contributed by atoms with E-state index < -0.39 is 0 Å². The van der Waals surface area contributed by atoms with Gasteiger partial charge >= 0.3 is 0 Å². The van der Waals surface area contributed by atoms with Crippen LogP contribution in [0, 0.1) is 11.3 Å². The molecule has 1 aromatic rings. The Labute approximate surface area is 122 Å². The molecule has 0 bridgehead atoms. The minimum absolute atomic E-state index is 0.808. The maximum atomic E-state index is 9.13. The van der Waals surface area contributed by atoms with E-state index in [0.717, 1.165) is 56.9 Å². The van der Waals surface area contributed by atoms with Gasteiger partial charge in [0.25, 0.3) is 0 Å². The summed E-state index contributed by atoms with van der Waals surface area (Å²) in [7, 11) is 4.24. The van der Waals surface area contributed by atoms with Gasteiger partial charge in [0.05, 0.1) is 11.6 Å². The largest absolute Gasteiger partial charge is 0.308 e. The maximum absolute atomic E-state index is 9.13. The van der Waals surface area contributed by atoms with Crippen molar-refractivity contribution < 1.29 is 0 Å². The Hall–Kier alpha value is -1.41. The molecule has 4 nitrogen and oxygen atoms in total. The fraction of sp³-hybridized carbons (Fsp3) is 0.562. The molecular formula is C16H24N4. The number of likely N-dealkylation sites (N-methyl/N-ethyl adjacent to an activating group) is 1. The lowest BCUT2D eigenvalue weighted by Crippen LogP contribution is -2.47. The molecule has 4 heteroatoms. The zero-order chi connectivity index (χ0) is 14.4. The summed E-state index contributed by atoms with van der Waals surface area (Å²) in [6.45, 7) is 7.60. The molecule has 1 aliphatic heterocycles. The average molecular weight is 272 g/mol. The van der Waals surface area contributed by atoms with Crippen molar-refractivity contribution >= 4 is 0 Å². The molecule has 1 aliphatic rings. The highest BCUT2D eigenvalue weighted by Gasteiger charge is 2.17. The first-order valence-electron chi connectivity index (χ1n) is 7.26. The smallest absolute Gasteiger partial charge is 0.0995 e. The van der Waals surface area contributed by atoms with E-state index in [9.17, 15) is 0 Å². The highest BCUT2D eigenvalue weighted by molar-refractivity contribution is 5.37. The highest BCUT2D eigenvalue weighted by atomic mass is 15.3. The van der Waals surface area contributed by atoms with Crippen LogP contribution in [-0.2, 0) is 6.54 Å². The van der Waals surface area contributed by atoms with Crippen LogP contribution < -0.4 is 0 Å². The van der Waals surface area contributed by atoms with E-state index in [1.165, 1.54) is 0 Å². The Morgan fingerprint density at radius 3 is 2.40 bits per heavy atom. The first-order valence-corrected chi connectivity index (χ1v) is 7.26. The van der Waals surface area contributed by atoms with Crippen LogP contribution in [0.3, 0.4) is 0 Å². The molecule has 1 heterocycles. The Morgan fingerprint density at radius 1 is 1.10 bits per heavy atom. The summed E-state index contributed by atoms with van der Waals surface area (Å²) >= 11 is 0. The van der Waals surface area contributed by atoms with Crippen molar-refractivity contribution in [2.24, 2.45) is 0 Å². The van der Waals surface area contributed by atoms with Crippen LogP contribution in [0.5, 0.6) is 0 Å². The number of rotatable bonds is 5. The van der Waals surface area contributed by atoms with E-state index in [1.54, 1.807) is 0 Å². The van der Waals surface area contributed by atoms with Crippen molar-refractivity contribution in [3.63, 3.8) is 0 Å². The molecule has 0 unspecified atom stereocenters. The molecule has 0 amide bonds. The van der Waals surface area contributed by atoms with E-state index in [0.29, 0.717) is 0 Å². The third-order valence-electron chi connectivity index (χ3n) is 3.86. The molecule has 0 spiro atoms. The van der Waals surface area contributed by atoms with Crippen LogP contribution in [-0.4, -0.2) is 68.1 Å². The van der Waals surface area contributed by atoms with Gasteiger partial charge < -0.3 is 4.90 Å². The lowest BCUT2D eigenvalue weighted by molar-refractivity contribution is 0.120. The number of piperazine rings is 1. The number of nitrogens with zero attached hydrogens (tertiary/aromatic N) is 4. The molecule has 0 aliphatic carbocycles. The average Bonchev–Trinajstić information content (AvgIpc) is 2.47. The van der Waals surface area contributed by atoms with Gasteiger partial charge in [-0.15, -0.1) is 0 Å². The predicted octanol–water partition coefficient (Wildman–Crippen LogP) is 1.24. The van der Waals surface area contributed by atoms with Crippen LogP contribution in [0.1, 0.15) is 11.1 Å². The number of nitriles is 1. The SMILES string of the molecule is CN(C)CCN1CCN(Cc2ccccc2C#N)CC1. The molecule has 0 atom stereocenters. The van der Waals surface area contributed by atoms with Crippen LogP contribution in [0.2, 0.25) is 0 Å². The van der Waals surface area contributed by atoms with E-state index >= 15 is 0 Å². The Bertz CT molecular complexity index is 456. The van der Waals surface area contributed by atoms with Gasteiger partial charge in [-0.25, -0.2) is 0 Å². The van der Waals surface area contributed by atoms with Gasteiger partial charge in [-0.2, -0.15) is 5.26 Å². The van der Waals surface area contributed by atoms with Crippen molar-refractivity contribution in [3.8, 4) is 6.07 Å². The van der Waals surface area contributed by atoms with Crippen LogP contribution in [0.15, 0.2) is 24.3 Å². The van der Waals surface area contributed by atoms with E-state index in [1.807, 2.05) is 18.2 Å². The van der Waals surface area contributed by atoms with Crippen LogP contribution in [0.4, 0.5) is 0 Å². The Balaban J connectivity index is 1.81. The third kappa shape index (κ3) is 4.31. The topological polar surface area (TPSA) is 33.5 Å². The van der Waals surface area contributed by atoms with E-state index in [4.69, 9.17) is 5.26 Å². The minimum Gasteiger partial charge on any atom is -0.308 e. The first kappa shape index (κ1) is 15.0. The van der Waals surface area contributed by atoms with Crippen molar-refractivity contribution in [1.29, 1.82) is 5.26 Å². The third-order valence-corrected chi connectivity index (χ3v) is 3.86. The standard InChI is InChI=1S/C16H24N4/c1-18(2)7-8-19-9-11-20(12-10-19)14-16-6-4-3-5-15(16)13-17/h3-6H,7-12,14H2,1-2H3. The maximum Gasteiger partial charge on any atom is 0.0995 e. The summed E-state index contributed by atoms with van der Waals surface area (Å²) < 4.78 is 0. The van der Waals surface area contributed by atoms with Crippen molar-refractivity contribution in [1.82, 2.24) is 14.7 Å². The molecule has 0 N–H and O–H groups in total. The van der Waals surface area contributed by atoms with Crippen molar-refractivity contribution in [3.05, 3.63) is 35.4 Å². The number of benzene rings is 1. The van der Waals surface area contributed by atoms with Crippen LogP contribution >= 0.6 is 0 Å². The van der Waals surface area contributed by atoms with Crippen LogP contribution in [0.25, 0.3) is 0 Å². The van der Waals surface area contributed by atoms with Gasteiger partial charge in [0.15, 0.2) is 0 Å². The summed E-state index contributed by atoms with van der Waals surface area (Å²) in [6, 6.07) is 10.2. The van der Waals surface area contributed by atoms with Crippen molar-refractivity contribution in [2.45, 2.75) is 6.54 Å². The Morgan fingerprint density at radius 2 is 1.75 bits per heavy atom. The first-order chi connectivity index (χ1) is 9.69. The van der Waals surface area contributed by atoms with Crippen molar-refractivity contribution in [2.75, 3.05) is 53.4 Å². The van der Waals surface area contributed by atoms with E-state index in [-0.39, 0.29) is 0 Å². The molecule has 108 valence electrons. The minimum atomic E-state index is 0.808. The van der Waals surface area contributed by atoms with Gasteiger partial charge in [-0.05, 0) is 25.7 Å². The quantitative estimate of drug-likeness (QED) is 0.807. The molecule has 0 aromatic heterocycles. The lowest BCUT2D eigenvalue weighted by Gasteiger charge is -2.35. The van der Waals surface area contributed by atoms with Gasteiger partial charge in [-0.3, -0.25) is 9.80 Å². The zero-order valence-corrected chi connectivity index (χ0v) is 12.5. The molecular weight excluding hydrogens is 248 g/mol. The molecule has 1 saturated heterocycles. The summed E-state index contributed by atoms with van der Waals surface area (Å²) in [6.07, 6.45) is 0. The summed E-state index contributed by atoms with van der Waals surface area (Å²) in [4.78, 5) is 7.20. The summed E-state index contributed by atoms with van der Waals surface area (Å²) in [5.41, 5.74) is 1.96. The van der Waals surface area contributed by atoms with Gasteiger partial charge in [0.1, 0.15) is 0 Å². The summed E-state index contributed by atoms with van der Waals surface area (Å²) in [5.74, 6) is 0. The fourth-order valence-electron chi connectivity index (χ4n) is 2.52. The van der Waals surface area contributed by atoms with Gasteiger partial charge in [0, 0.05) is 45.8 Å². The molecule has 0 radical (unpaired) electrons. The monoisotopic (exact) mass is 272 g/mol. The molecule has 20 heavy (non-hydrogen) atoms. The Kier molecular flexibility index (Phi) is 5.54. The molecule has 1 fully saturated rings. The second kappa shape index (κ2) is 7.39. The second-order valence-corrected chi connectivity index (χ2v) is 5.69. The summed E-state index contributed by atoms with van der Waals surface area (Å²) in [5, 5.41) is 9.13. The van der Waals surface area contributed by atoms with E-state index in [2.05, 4.69) is 40.9 Å². The second-order valence-electron chi connectivity index (χ2n) is 5.69. The number of hydrogen-bond acceptors (Lipinski definition) is 4. The lowest BCUT2D eigenvalue weighted by atomic mass is 10.1. The number of hydrogen-bond donors (Lipinski definition) is 0. The zero-order valence-electron chi connectivity index (χ0n) is 12.5. The van der Waals surface area contributed by atoms with Gasteiger partial charge in [0.2, 0.25) is 0 Å². The predicted molar refractivity (Wildman–Crippen MR) is 81.4 cm³/mol. The normalized spacial score (nSPS) is 17.3. The molecule has 2 rings (SSSR count). The molecule has 1 aromatic carbocycles. The fourth-order valence-corrected chi connectivity index (χ4v) is 2.52. The van der Waals surface area contributed by atoms with Gasteiger partial charge in [-0.1, -0.05) is 18.2 Å². The molecule has 0 saturated carbocycles.